The second kappa shape index (κ2) is 3.69. The molecule has 3 aliphatic rings. The average molecular weight is 264 g/mol. The summed E-state index contributed by atoms with van der Waals surface area (Å²) in [5.41, 5.74) is 1.05. The van der Waals surface area contributed by atoms with Gasteiger partial charge in [-0.05, 0) is 31.1 Å². The maximum absolute atomic E-state index is 12.2. The highest BCUT2D eigenvalue weighted by Crippen LogP contribution is 2.58. The van der Waals surface area contributed by atoms with E-state index in [1.807, 2.05) is 0 Å². The first-order valence-electron chi connectivity index (χ1n) is 6.96. The molecule has 0 radical (unpaired) electrons. The van der Waals surface area contributed by atoms with Crippen LogP contribution in [0.5, 0.6) is 0 Å². The summed E-state index contributed by atoms with van der Waals surface area (Å²) in [6.07, 6.45) is 2.28. The van der Waals surface area contributed by atoms with Crippen LogP contribution < -0.4 is 0 Å². The molecule has 0 spiro atoms. The van der Waals surface area contributed by atoms with E-state index in [0.29, 0.717) is 29.9 Å². The third-order valence-corrected chi connectivity index (χ3v) is 5.66. The molecule has 2 saturated carbocycles. The Labute approximate surface area is 112 Å². The molecule has 2 fully saturated rings. The Kier molecular flexibility index (Phi) is 2.50. The van der Waals surface area contributed by atoms with Crippen molar-refractivity contribution in [2.24, 2.45) is 17.3 Å². The summed E-state index contributed by atoms with van der Waals surface area (Å²) in [6, 6.07) is 0. The maximum Gasteiger partial charge on any atom is 0.336 e. The molecule has 1 heterocycles. The van der Waals surface area contributed by atoms with E-state index in [9.17, 15) is 14.7 Å². The fourth-order valence-electron chi connectivity index (χ4n) is 4.02. The summed E-state index contributed by atoms with van der Waals surface area (Å²) >= 11 is 0. The molecule has 4 heteroatoms. The van der Waals surface area contributed by atoms with Gasteiger partial charge in [-0.1, -0.05) is 13.8 Å². The van der Waals surface area contributed by atoms with E-state index < -0.39 is 11.8 Å². The van der Waals surface area contributed by atoms with E-state index in [4.69, 9.17) is 4.74 Å². The van der Waals surface area contributed by atoms with Crippen LogP contribution in [0.2, 0.25) is 0 Å². The fraction of sp³-hybridized carbons (Fsp3) is 0.733. The van der Waals surface area contributed by atoms with Gasteiger partial charge in [-0.3, -0.25) is 4.79 Å². The number of carbonyl (C=O) groups excluding carboxylic acids is 2. The summed E-state index contributed by atoms with van der Waals surface area (Å²) in [7, 11) is 0. The van der Waals surface area contributed by atoms with Crippen LogP contribution in [0.3, 0.4) is 0 Å². The minimum atomic E-state index is -1.53. The molecule has 104 valence electrons. The normalized spacial score (nSPS) is 45.9. The number of ketones is 1. The number of hydrogen-bond acceptors (Lipinski definition) is 4. The highest BCUT2D eigenvalue weighted by atomic mass is 16.7. The second-order valence-corrected chi connectivity index (χ2v) is 6.62. The highest BCUT2D eigenvalue weighted by molar-refractivity contribution is 5.93. The average Bonchev–Trinajstić information content (AvgIpc) is 2.55. The van der Waals surface area contributed by atoms with Gasteiger partial charge in [-0.25, -0.2) is 4.79 Å². The van der Waals surface area contributed by atoms with Crippen LogP contribution in [0.4, 0.5) is 0 Å². The molecule has 4 atom stereocenters. The van der Waals surface area contributed by atoms with Crippen LogP contribution in [0.1, 0.15) is 46.5 Å². The summed E-state index contributed by atoms with van der Waals surface area (Å²) in [4.78, 5) is 23.9. The molecule has 2 aliphatic carbocycles. The van der Waals surface area contributed by atoms with Gasteiger partial charge in [-0.15, -0.1) is 0 Å². The maximum atomic E-state index is 12.2. The highest BCUT2D eigenvalue weighted by Gasteiger charge is 2.59. The van der Waals surface area contributed by atoms with Gasteiger partial charge in [0.1, 0.15) is 5.78 Å². The molecule has 0 unspecified atom stereocenters. The summed E-state index contributed by atoms with van der Waals surface area (Å²) in [5, 5.41) is 10.6. The summed E-state index contributed by atoms with van der Waals surface area (Å²) in [5.74, 6) is -1.56. The van der Waals surface area contributed by atoms with Crippen LogP contribution in [-0.2, 0) is 14.3 Å². The van der Waals surface area contributed by atoms with Crippen molar-refractivity contribution in [1.82, 2.24) is 0 Å². The number of esters is 1. The fourth-order valence-corrected chi connectivity index (χ4v) is 4.02. The zero-order valence-corrected chi connectivity index (χ0v) is 11.7. The van der Waals surface area contributed by atoms with Gasteiger partial charge in [0, 0.05) is 29.9 Å². The predicted molar refractivity (Wildman–Crippen MR) is 68.0 cm³/mol. The molecule has 3 rings (SSSR count). The lowest BCUT2D eigenvalue weighted by Crippen LogP contribution is -2.53. The first kappa shape index (κ1) is 12.9. The second-order valence-electron chi connectivity index (χ2n) is 6.62. The first-order chi connectivity index (χ1) is 8.78. The zero-order chi connectivity index (χ0) is 14.0. The minimum absolute atomic E-state index is 0.161. The molecule has 0 aromatic carbocycles. The lowest BCUT2D eigenvalue weighted by molar-refractivity contribution is -0.204. The number of ether oxygens (including phenoxy) is 1. The van der Waals surface area contributed by atoms with Gasteiger partial charge in [0.05, 0.1) is 0 Å². The van der Waals surface area contributed by atoms with Crippen molar-refractivity contribution in [3.8, 4) is 0 Å². The van der Waals surface area contributed by atoms with Crippen LogP contribution >= 0.6 is 0 Å². The van der Waals surface area contributed by atoms with Gasteiger partial charge < -0.3 is 9.84 Å². The van der Waals surface area contributed by atoms with Gasteiger partial charge in [0.25, 0.3) is 0 Å². The molecule has 1 aliphatic heterocycles. The largest absolute Gasteiger partial charge is 0.426 e. The Morgan fingerprint density at radius 3 is 2.74 bits per heavy atom. The van der Waals surface area contributed by atoms with Crippen molar-refractivity contribution in [2.45, 2.75) is 52.2 Å². The third-order valence-electron chi connectivity index (χ3n) is 5.66. The number of rotatable bonds is 0. The number of fused-ring (bicyclic) bond motifs is 2. The smallest absolute Gasteiger partial charge is 0.336 e. The number of Topliss-reactive ketones (excluding diaryl/α,β-unsaturated/α-hetero) is 1. The molecule has 0 saturated heterocycles. The van der Waals surface area contributed by atoms with Gasteiger partial charge in [0.15, 0.2) is 0 Å². The molecule has 0 aromatic heterocycles. The SMILES string of the molecule is CC1=C2C[C@@]3(C)[C@H](C)CCC(=O)[C@H]3C[C@]2(O)OC1=O. The first-order valence-corrected chi connectivity index (χ1v) is 6.96. The van der Waals surface area contributed by atoms with Gasteiger partial charge in [-0.2, -0.15) is 0 Å². The van der Waals surface area contributed by atoms with E-state index >= 15 is 0 Å². The van der Waals surface area contributed by atoms with Crippen LogP contribution in [0, 0.1) is 17.3 Å². The predicted octanol–water partition coefficient (Wildman–Crippen LogP) is 1.96. The monoisotopic (exact) mass is 264 g/mol. The Morgan fingerprint density at radius 2 is 2.05 bits per heavy atom. The Hall–Kier alpha value is -1.16. The third kappa shape index (κ3) is 1.55. The lowest BCUT2D eigenvalue weighted by Gasteiger charge is -2.51. The molecular weight excluding hydrogens is 244 g/mol. The zero-order valence-electron chi connectivity index (χ0n) is 11.7. The Balaban J connectivity index is 2.07. The Bertz CT molecular complexity index is 506. The Morgan fingerprint density at radius 1 is 1.37 bits per heavy atom. The lowest BCUT2D eigenvalue weighted by atomic mass is 9.53. The number of aliphatic hydroxyl groups is 1. The molecular formula is C15H20O4. The topological polar surface area (TPSA) is 63.6 Å². The minimum Gasteiger partial charge on any atom is -0.426 e. The molecule has 1 N–H and O–H groups in total. The van der Waals surface area contributed by atoms with Crippen molar-refractivity contribution < 1.29 is 19.4 Å². The standard InChI is InChI=1S/C15H20O4/c1-8-4-5-12(16)11-7-15(18)10(6-14(8,11)3)9(2)13(17)19-15/h8,11,18H,4-7H2,1-3H3/t8-,11-,14+,15+/m1/s1. The van der Waals surface area contributed by atoms with E-state index in [1.165, 1.54) is 0 Å². The van der Waals surface area contributed by atoms with Crippen molar-refractivity contribution in [1.29, 1.82) is 0 Å². The molecule has 19 heavy (non-hydrogen) atoms. The molecule has 4 nitrogen and oxygen atoms in total. The van der Waals surface area contributed by atoms with Crippen molar-refractivity contribution in [3.05, 3.63) is 11.1 Å². The van der Waals surface area contributed by atoms with Gasteiger partial charge in [0.2, 0.25) is 5.79 Å². The van der Waals surface area contributed by atoms with Gasteiger partial charge >= 0.3 is 5.97 Å². The molecule has 0 amide bonds. The van der Waals surface area contributed by atoms with Crippen molar-refractivity contribution in [2.75, 3.05) is 0 Å². The van der Waals surface area contributed by atoms with Crippen molar-refractivity contribution in [3.63, 3.8) is 0 Å². The number of hydrogen-bond donors (Lipinski definition) is 1. The van der Waals surface area contributed by atoms with Crippen LogP contribution in [0.15, 0.2) is 11.1 Å². The van der Waals surface area contributed by atoms with Crippen molar-refractivity contribution >= 4 is 11.8 Å². The molecule has 0 bridgehead atoms. The van der Waals surface area contributed by atoms with Crippen LogP contribution in [0.25, 0.3) is 0 Å². The van der Waals surface area contributed by atoms with Crippen LogP contribution in [-0.4, -0.2) is 22.6 Å². The summed E-state index contributed by atoms with van der Waals surface area (Å²) in [6.45, 7) is 5.98. The van der Waals surface area contributed by atoms with E-state index in [2.05, 4.69) is 13.8 Å². The number of carbonyl (C=O) groups is 2. The summed E-state index contributed by atoms with van der Waals surface area (Å²) < 4.78 is 5.13. The van der Waals surface area contributed by atoms with E-state index in [0.717, 1.165) is 6.42 Å². The van der Waals surface area contributed by atoms with E-state index in [1.54, 1.807) is 6.92 Å². The quantitative estimate of drug-likeness (QED) is 0.679. The molecule has 0 aromatic rings. The van der Waals surface area contributed by atoms with E-state index in [-0.39, 0.29) is 23.5 Å².